The van der Waals surface area contributed by atoms with Crippen LogP contribution in [0.5, 0.6) is 5.75 Å². The molecule has 28 heavy (non-hydrogen) atoms. The summed E-state index contributed by atoms with van der Waals surface area (Å²) in [5.74, 6) is 0.365. The van der Waals surface area contributed by atoms with Gasteiger partial charge in [0.05, 0.1) is 13.2 Å². The summed E-state index contributed by atoms with van der Waals surface area (Å²) in [5.41, 5.74) is 2.14. The molecule has 0 spiro atoms. The molecule has 1 saturated carbocycles. The molecule has 1 amide bonds. The van der Waals surface area contributed by atoms with Crippen molar-refractivity contribution in [2.45, 2.75) is 52.6 Å². The molecule has 2 aromatic rings. The smallest absolute Gasteiger partial charge is 0.342 e. The molecule has 0 bridgehead atoms. The minimum absolute atomic E-state index is 0.00127. The number of aryl methyl sites for hydroxylation is 1. The van der Waals surface area contributed by atoms with Crippen molar-refractivity contribution in [2.24, 2.45) is 5.92 Å². The van der Waals surface area contributed by atoms with Crippen LogP contribution >= 0.6 is 11.3 Å². The quantitative estimate of drug-likeness (QED) is 0.656. The lowest BCUT2D eigenvalue weighted by molar-refractivity contribution is -0.119. The molecule has 0 atom stereocenters. The maximum Gasteiger partial charge on any atom is 0.342 e. The molecular formula is C22H27NO4S. The third kappa shape index (κ3) is 4.38. The van der Waals surface area contributed by atoms with E-state index in [1.807, 2.05) is 45.0 Å². The highest BCUT2D eigenvalue weighted by Gasteiger charge is 2.29. The Morgan fingerprint density at radius 2 is 1.79 bits per heavy atom. The van der Waals surface area contributed by atoms with E-state index in [0.717, 1.165) is 47.4 Å². The molecule has 1 aromatic heterocycles. The minimum atomic E-state index is -0.410. The van der Waals surface area contributed by atoms with Gasteiger partial charge in [0.25, 0.3) is 0 Å². The number of benzene rings is 1. The van der Waals surface area contributed by atoms with Crippen molar-refractivity contribution < 1.29 is 19.1 Å². The average molecular weight is 402 g/mol. The summed E-state index contributed by atoms with van der Waals surface area (Å²) in [7, 11) is 1.62. The third-order valence-corrected chi connectivity index (χ3v) is 5.99. The highest BCUT2D eigenvalue weighted by Crippen LogP contribution is 2.41. The Balaban J connectivity index is 2.01. The van der Waals surface area contributed by atoms with Gasteiger partial charge >= 0.3 is 5.97 Å². The van der Waals surface area contributed by atoms with E-state index in [2.05, 4.69) is 5.32 Å². The Morgan fingerprint density at radius 1 is 1.14 bits per heavy atom. The summed E-state index contributed by atoms with van der Waals surface area (Å²) in [6.07, 6.45) is 3.75. The molecule has 6 heteroatoms. The van der Waals surface area contributed by atoms with Crippen molar-refractivity contribution in [1.82, 2.24) is 0 Å². The molecule has 1 N–H and O–H groups in total. The first-order valence-electron chi connectivity index (χ1n) is 9.70. The first-order valence-corrected chi connectivity index (χ1v) is 10.5. The van der Waals surface area contributed by atoms with E-state index < -0.39 is 5.97 Å². The van der Waals surface area contributed by atoms with Gasteiger partial charge in [0.2, 0.25) is 5.91 Å². The van der Waals surface area contributed by atoms with Crippen molar-refractivity contribution in [3.63, 3.8) is 0 Å². The van der Waals surface area contributed by atoms with Gasteiger partial charge in [-0.1, -0.05) is 25.0 Å². The number of hydrogen-bond donors (Lipinski definition) is 1. The maximum absolute atomic E-state index is 12.9. The Kier molecular flexibility index (Phi) is 6.39. The van der Waals surface area contributed by atoms with Crippen molar-refractivity contribution in [3.8, 4) is 16.9 Å². The number of amides is 1. The topological polar surface area (TPSA) is 64.6 Å². The highest BCUT2D eigenvalue weighted by molar-refractivity contribution is 7.17. The Bertz CT molecular complexity index is 848. The zero-order chi connectivity index (χ0) is 20.3. The normalized spacial score (nSPS) is 14.3. The summed E-state index contributed by atoms with van der Waals surface area (Å²) in [5, 5.41) is 3.59. The fourth-order valence-corrected chi connectivity index (χ4v) is 4.67. The maximum atomic E-state index is 12.9. The number of nitrogens with one attached hydrogen (secondary N) is 1. The fourth-order valence-electron chi connectivity index (χ4n) is 3.61. The Morgan fingerprint density at radius 3 is 2.36 bits per heavy atom. The monoisotopic (exact) mass is 401 g/mol. The van der Waals surface area contributed by atoms with Crippen molar-refractivity contribution in [3.05, 3.63) is 34.7 Å². The molecule has 1 aromatic carbocycles. The van der Waals surface area contributed by atoms with Crippen LogP contribution in [0.3, 0.4) is 0 Å². The van der Waals surface area contributed by atoms with Gasteiger partial charge in [-0.2, -0.15) is 0 Å². The van der Waals surface area contributed by atoms with Crippen LogP contribution in [0.2, 0.25) is 0 Å². The second-order valence-electron chi connectivity index (χ2n) is 7.39. The van der Waals surface area contributed by atoms with E-state index in [1.54, 1.807) is 7.11 Å². The van der Waals surface area contributed by atoms with Gasteiger partial charge in [-0.15, -0.1) is 11.3 Å². The minimum Gasteiger partial charge on any atom is -0.497 e. The summed E-state index contributed by atoms with van der Waals surface area (Å²) in [6, 6.07) is 7.56. The number of carbonyl (C=O) groups excluding carboxylic acids is 2. The summed E-state index contributed by atoms with van der Waals surface area (Å²) in [6.45, 7) is 5.60. The van der Waals surface area contributed by atoms with Crippen molar-refractivity contribution >= 4 is 28.2 Å². The van der Waals surface area contributed by atoms with E-state index in [1.165, 1.54) is 11.3 Å². The lowest BCUT2D eigenvalue weighted by Gasteiger charge is -2.13. The van der Waals surface area contributed by atoms with Crippen LogP contribution in [0, 0.1) is 12.8 Å². The van der Waals surface area contributed by atoms with Crippen LogP contribution in [0.4, 0.5) is 5.00 Å². The van der Waals surface area contributed by atoms with Gasteiger partial charge < -0.3 is 14.8 Å². The van der Waals surface area contributed by atoms with Crippen LogP contribution in [-0.2, 0) is 9.53 Å². The largest absolute Gasteiger partial charge is 0.497 e. The van der Waals surface area contributed by atoms with Gasteiger partial charge in [0.1, 0.15) is 16.3 Å². The number of esters is 1. The third-order valence-electron chi connectivity index (χ3n) is 4.97. The summed E-state index contributed by atoms with van der Waals surface area (Å²) in [4.78, 5) is 26.6. The number of hydrogen-bond acceptors (Lipinski definition) is 5. The standard InChI is InChI=1S/C22H27NO4S/c1-13(2)27-22(25)19-18(15-9-11-17(26-4)12-10-15)14(3)28-21(19)23-20(24)16-7-5-6-8-16/h9-13,16H,5-8H2,1-4H3,(H,23,24). The SMILES string of the molecule is COc1ccc(-c2c(C)sc(NC(=O)C3CCCC3)c2C(=O)OC(C)C)cc1. The van der Waals surface area contributed by atoms with Crippen LogP contribution < -0.4 is 10.1 Å². The van der Waals surface area contributed by atoms with Gasteiger partial charge in [0, 0.05) is 16.4 Å². The van der Waals surface area contributed by atoms with Gasteiger partial charge in [-0.25, -0.2) is 4.79 Å². The molecule has 150 valence electrons. The summed E-state index contributed by atoms with van der Waals surface area (Å²) < 4.78 is 10.7. The Hall–Kier alpha value is -2.34. The molecule has 1 heterocycles. The summed E-state index contributed by atoms with van der Waals surface area (Å²) >= 11 is 1.42. The number of anilines is 1. The first-order chi connectivity index (χ1) is 13.4. The number of carbonyl (C=O) groups is 2. The van der Waals surface area contributed by atoms with E-state index in [0.29, 0.717) is 10.6 Å². The molecule has 0 unspecified atom stereocenters. The molecule has 0 aliphatic heterocycles. The van der Waals surface area contributed by atoms with Crippen LogP contribution in [0.25, 0.3) is 11.1 Å². The molecular weight excluding hydrogens is 374 g/mol. The lowest BCUT2D eigenvalue weighted by atomic mass is 10.0. The van der Waals surface area contributed by atoms with Crippen LogP contribution in [-0.4, -0.2) is 25.1 Å². The van der Waals surface area contributed by atoms with E-state index >= 15 is 0 Å². The molecule has 0 saturated heterocycles. The first kappa shape index (κ1) is 20.4. The molecule has 1 fully saturated rings. The van der Waals surface area contributed by atoms with Crippen molar-refractivity contribution in [2.75, 3.05) is 12.4 Å². The Labute approximate surface area is 170 Å². The number of methoxy groups -OCH3 is 1. The molecule has 3 rings (SSSR count). The van der Waals surface area contributed by atoms with Gasteiger partial charge in [-0.05, 0) is 51.3 Å². The van der Waals surface area contributed by atoms with Crippen molar-refractivity contribution in [1.29, 1.82) is 0 Å². The van der Waals surface area contributed by atoms with Crippen LogP contribution in [0.15, 0.2) is 24.3 Å². The predicted octanol–water partition coefficient (Wildman–Crippen LogP) is 5.43. The van der Waals surface area contributed by atoms with Gasteiger partial charge in [0.15, 0.2) is 0 Å². The lowest BCUT2D eigenvalue weighted by Crippen LogP contribution is -2.21. The van der Waals surface area contributed by atoms with Gasteiger partial charge in [-0.3, -0.25) is 4.79 Å². The van der Waals surface area contributed by atoms with E-state index in [-0.39, 0.29) is 17.9 Å². The number of ether oxygens (including phenoxy) is 2. The second-order valence-corrected chi connectivity index (χ2v) is 8.62. The number of rotatable bonds is 6. The molecule has 1 aliphatic carbocycles. The van der Waals surface area contributed by atoms with E-state index in [4.69, 9.17) is 9.47 Å². The number of thiophene rings is 1. The highest BCUT2D eigenvalue weighted by atomic mass is 32.1. The fraction of sp³-hybridized carbons (Fsp3) is 0.455. The zero-order valence-electron chi connectivity index (χ0n) is 16.8. The van der Waals surface area contributed by atoms with Crippen LogP contribution in [0.1, 0.15) is 54.8 Å². The average Bonchev–Trinajstić information content (AvgIpc) is 3.29. The second kappa shape index (κ2) is 8.78. The predicted molar refractivity (Wildman–Crippen MR) is 112 cm³/mol. The van der Waals surface area contributed by atoms with E-state index in [9.17, 15) is 9.59 Å². The molecule has 0 radical (unpaired) electrons. The molecule has 5 nitrogen and oxygen atoms in total. The zero-order valence-corrected chi connectivity index (χ0v) is 17.7. The molecule has 1 aliphatic rings.